The Hall–Kier alpha value is -1.87. The minimum Gasteiger partial charge on any atom is -0.480 e. The van der Waals surface area contributed by atoms with Crippen LogP contribution in [0.4, 0.5) is 0 Å². The van der Waals surface area contributed by atoms with E-state index in [0.29, 0.717) is 13.1 Å². The van der Waals surface area contributed by atoms with Crippen molar-refractivity contribution in [2.45, 2.75) is 31.7 Å². The van der Waals surface area contributed by atoms with Gasteiger partial charge in [0.25, 0.3) is 5.91 Å². The molecule has 8 nitrogen and oxygen atoms in total. The minimum atomic E-state index is -3.65. The Morgan fingerprint density at radius 2 is 1.95 bits per heavy atom. The first-order chi connectivity index (χ1) is 9.73. The molecular formula is C12H19N3O5S. The maximum absolute atomic E-state index is 12.2. The van der Waals surface area contributed by atoms with E-state index in [2.05, 4.69) is 10.3 Å². The number of aromatic amines is 1. The van der Waals surface area contributed by atoms with Gasteiger partial charge in [0.2, 0.25) is 10.0 Å². The molecule has 0 spiro atoms. The molecule has 21 heavy (non-hydrogen) atoms. The number of hydrogen-bond donors (Lipinski definition) is 3. The topological polar surface area (TPSA) is 120 Å². The zero-order valence-corrected chi connectivity index (χ0v) is 12.9. The highest BCUT2D eigenvalue weighted by Crippen LogP contribution is 2.16. The fraction of sp³-hybridized carbons (Fsp3) is 0.500. The first-order valence-corrected chi connectivity index (χ1v) is 7.90. The first kappa shape index (κ1) is 17.2. The number of nitrogens with one attached hydrogen (secondary N) is 2. The molecule has 1 rings (SSSR count). The number of carbonyl (C=O) groups excluding carboxylic acids is 1. The molecular weight excluding hydrogens is 298 g/mol. The van der Waals surface area contributed by atoms with Gasteiger partial charge in [-0.1, -0.05) is 13.8 Å². The Bertz CT molecular complexity index is 619. The summed E-state index contributed by atoms with van der Waals surface area (Å²) in [5.74, 6) is -1.85. The number of aromatic nitrogens is 1. The Labute approximate surface area is 123 Å². The molecule has 0 unspecified atom stereocenters. The third kappa shape index (κ3) is 3.82. The lowest BCUT2D eigenvalue weighted by molar-refractivity contribution is -0.138. The van der Waals surface area contributed by atoms with Crippen LogP contribution in [0.5, 0.6) is 0 Å². The van der Waals surface area contributed by atoms with Crippen LogP contribution in [0.15, 0.2) is 17.2 Å². The van der Waals surface area contributed by atoms with E-state index >= 15 is 0 Å². The van der Waals surface area contributed by atoms with Gasteiger partial charge < -0.3 is 15.4 Å². The smallest absolute Gasteiger partial charge is 0.325 e. The molecule has 1 amide bonds. The molecule has 0 saturated carbocycles. The molecule has 0 aromatic carbocycles. The number of carboxylic acids is 1. The summed E-state index contributed by atoms with van der Waals surface area (Å²) in [6, 6.07) is 0.126. The monoisotopic (exact) mass is 317 g/mol. The maximum Gasteiger partial charge on any atom is 0.325 e. The largest absolute Gasteiger partial charge is 0.480 e. The van der Waals surface area contributed by atoms with E-state index in [9.17, 15) is 18.0 Å². The number of H-pyrrole nitrogens is 1. The van der Waals surface area contributed by atoms with Gasteiger partial charge in [-0.25, -0.2) is 8.42 Å². The standard InChI is InChI=1S/C12H19N3O5S/c1-4-15(5-2)21(19,20)9-6-10(13-7-9)11(16)14-8(3)12(17)18/h6-8,13H,4-5H2,1-3H3,(H,14,16)(H,17,18)/t8-/m1/s1. The van der Waals surface area contributed by atoms with Crippen molar-refractivity contribution in [2.24, 2.45) is 0 Å². The minimum absolute atomic E-state index is 0.00571. The SMILES string of the molecule is CCN(CC)S(=O)(=O)c1c[nH]c(C(=O)N[C@H](C)C(=O)O)c1. The fourth-order valence-electron chi connectivity index (χ4n) is 1.70. The molecule has 9 heteroatoms. The number of carboxylic acid groups (broad SMARTS) is 1. The van der Waals surface area contributed by atoms with Gasteiger partial charge in [-0.05, 0) is 13.0 Å². The molecule has 0 aliphatic carbocycles. The molecule has 1 aromatic rings. The number of sulfonamides is 1. The van der Waals surface area contributed by atoms with Crippen LogP contribution >= 0.6 is 0 Å². The van der Waals surface area contributed by atoms with Crippen molar-refractivity contribution in [1.82, 2.24) is 14.6 Å². The highest BCUT2D eigenvalue weighted by Gasteiger charge is 2.24. The molecule has 0 aliphatic rings. The highest BCUT2D eigenvalue weighted by molar-refractivity contribution is 7.89. The van der Waals surface area contributed by atoms with Crippen molar-refractivity contribution in [2.75, 3.05) is 13.1 Å². The molecule has 1 atom stereocenters. The van der Waals surface area contributed by atoms with Crippen LogP contribution in [0.1, 0.15) is 31.3 Å². The van der Waals surface area contributed by atoms with Crippen LogP contribution in [0.2, 0.25) is 0 Å². The van der Waals surface area contributed by atoms with E-state index in [1.807, 2.05) is 0 Å². The first-order valence-electron chi connectivity index (χ1n) is 6.46. The van der Waals surface area contributed by atoms with Gasteiger partial charge in [0.05, 0.1) is 0 Å². The van der Waals surface area contributed by atoms with Gasteiger partial charge in [0, 0.05) is 19.3 Å². The predicted molar refractivity (Wildman–Crippen MR) is 75.5 cm³/mol. The molecule has 0 bridgehead atoms. The van der Waals surface area contributed by atoms with E-state index in [1.165, 1.54) is 23.5 Å². The third-order valence-electron chi connectivity index (χ3n) is 2.96. The van der Waals surface area contributed by atoms with Crippen LogP contribution in [-0.2, 0) is 14.8 Å². The summed E-state index contributed by atoms with van der Waals surface area (Å²) in [5, 5.41) is 11.0. The molecule has 0 radical (unpaired) electrons. The maximum atomic E-state index is 12.2. The zero-order chi connectivity index (χ0) is 16.2. The summed E-state index contributed by atoms with van der Waals surface area (Å²) < 4.78 is 25.7. The second kappa shape index (κ2) is 6.72. The number of amides is 1. The molecule has 1 heterocycles. The molecule has 0 aliphatic heterocycles. The second-order valence-electron chi connectivity index (χ2n) is 4.37. The van der Waals surface area contributed by atoms with Crippen molar-refractivity contribution in [3.63, 3.8) is 0 Å². The molecule has 0 fully saturated rings. The average Bonchev–Trinajstić information content (AvgIpc) is 2.89. The number of aliphatic carboxylic acids is 1. The second-order valence-corrected chi connectivity index (χ2v) is 6.31. The van der Waals surface area contributed by atoms with Gasteiger partial charge in [-0.3, -0.25) is 9.59 Å². The Morgan fingerprint density at radius 1 is 1.38 bits per heavy atom. The van der Waals surface area contributed by atoms with Crippen LogP contribution in [0.3, 0.4) is 0 Å². The van der Waals surface area contributed by atoms with Crippen LogP contribution in [-0.4, -0.2) is 53.8 Å². The molecule has 118 valence electrons. The molecule has 3 N–H and O–H groups in total. The lowest BCUT2D eigenvalue weighted by Gasteiger charge is -2.16. The summed E-state index contributed by atoms with van der Waals surface area (Å²) in [4.78, 5) is 25.0. The third-order valence-corrected chi connectivity index (χ3v) is 4.99. The number of carbonyl (C=O) groups is 2. The zero-order valence-electron chi connectivity index (χ0n) is 12.1. The summed E-state index contributed by atoms with van der Waals surface area (Å²) in [6.07, 6.45) is 1.22. The predicted octanol–water partition coefficient (Wildman–Crippen LogP) is 0.248. The van der Waals surface area contributed by atoms with E-state index in [1.54, 1.807) is 13.8 Å². The number of nitrogens with zero attached hydrogens (tertiary/aromatic N) is 1. The van der Waals surface area contributed by atoms with Gasteiger partial charge in [0.1, 0.15) is 16.6 Å². The van der Waals surface area contributed by atoms with Crippen LogP contribution in [0, 0.1) is 0 Å². The average molecular weight is 317 g/mol. The van der Waals surface area contributed by atoms with Crippen molar-refractivity contribution in [3.8, 4) is 0 Å². The Morgan fingerprint density at radius 3 is 2.43 bits per heavy atom. The van der Waals surface area contributed by atoms with Crippen molar-refractivity contribution in [3.05, 3.63) is 18.0 Å². The Balaban J connectivity index is 2.96. The van der Waals surface area contributed by atoms with Crippen LogP contribution in [0.25, 0.3) is 0 Å². The fourth-order valence-corrected chi connectivity index (χ4v) is 3.16. The van der Waals surface area contributed by atoms with Gasteiger partial charge in [-0.2, -0.15) is 4.31 Å². The van der Waals surface area contributed by atoms with E-state index < -0.39 is 27.9 Å². The van der Waals surface area contributed by atoms with Crippen LogP contribution < -0.4 is 5.32 Å². The van der Waals surface area contributed by atoms with Gasteiger partial charge in [-0.15, -0.1) is 0 Å². The summed E-state index contributed by atoms with van der Waals surface area (Å²) >= 11 is 0. The van der Waals surface area contributed by atoms with E-state index in [-0.39, 0.29) is 10.6 Å². The van der Waals surface area contributed by atoms with E-state index in [4.69, 9.17) is 5.11 Å². The summed E-state index contributed by atoms with van der Waals surface area (Å²) in [6.45, 7) is 5.39. The lowest BCUT2D eigenvalue weighted by atomic mass is 10.3. The normalized spacial score (nSPS) is 13.1. The summed E-state index contributed by atoms with van der Waals surface area (Å²) in [7, 11) is -3.65. The van der Waals surface area contributed by atoms with Gasteiger partial charge >= 0.3 is 5.97 Å². The van der Waals surface area contributed by atoms with Crippen molar-refractivity contribution in [1.29, 1.82) is 0 Å². The molecule has 1 aromatic heterocycles. The molecule has 0 saturated heterocycles. The van der Waals surface area contributed by atoms with Crippen molar-refractivity contribution >= 4 is 21.9 Å². The number of hydrogen-bond acceptors (Lipinski definition) is 4. The van der Waals surface area contributed by atoms with E-state index in [0.717, 1.165) is 0 Å². The lowest BCUT2D eigenvalue weighted by Crippen LogP contribution is -2.38. The quantitative estimate of drug-likeness (QED) is 0.666. The summed E-state index contributed by atoms with van der Waals surface area (Å²) in [5.41, 5.74) is -0.00571. The highest BCUT2D eigenvalue weighted by atomic mass is 32.2. The van der Waals surface area contributed by atoms with Gasteiger partial charge in [0.15, 0.2) is 0 Å². The Kier molecular flexibility index (Phi) is 5.50. The number of rotatable bonds is 7. The van der Waals surface area contributed by atoms with Crippen molar-refractivity contribution < 1.29 is 23.1 Å².